The summed E-state index contributed by atoms with van der Waals surface area (Å²) < 4.78 is 44.9. The van der Waals surface area contributed by atoms with Crippen LogP contribution in [-0.4, -0.2) is 25.2 Å². The minimum absolute atomic E-state index is 0.0192. The zero-order valence-corrected chi connectivity index (χ0v) is 11.1. The highest BCUT2D eigenvalue weighted by Crippen LogP contribution is 2.25. The zero-order valence-electron chi connectivity index (χ0n) is 11.1. The smallest absolute Gasteiger partial charge is 0.466 e. The van der Waals surface area contributed by atoms with Crippen LogP contribution in [-0.2, 0) is 9.53 Å². The van der Waals surface area contributed by atoms with E-state index < -0.39 is 18.1 Å². The Hall–Kier alpha value is -2.31. The van der Waals surface area contributed by atoms with Gasteiger partial charge in [0.05, 0.1) is 13.0 Å². The molecule has 0 radical (unpaired) electrons. The third-order valence-corrected chi connectivity index (χ3v) is 2.22. The van der Waals surface area contributed by atoms with Crippen LogP contribution in [0.4, 0.5) is 13.2 Å². The number of carbonyl (C=O) groups excluding carboxylic acids is 2. The van der Waals surface area contributed by atoms with Gasteiger partial charge >= 0.3 is 12.3 Å². The average molecular weight is 302 g/mol. The maximum absolute atomic E-state index is 12.2. The molecule has 0 amide bonds. The van der Waals surface area contributed by atoms with Crippen LogP contribution in [0.15, 0.2) is 24.3 Å². The minimum atomic E-state index is -4.84. The Balaban J connectivity index is 2.86. The quantitative estimate of drug-likeness (QED) is 0.597. The second-order valence-corrected chi connectivity index (χ2v) is 3.91. The summed E-state index contributed by atoms with van der Waals surface area (Å²) in [4.78, 5) is 21.8. The van der Waals surface area contributed by atoms with Crippen LogP contribution < -0.4 is 4.74 Å². The molecule has 0 heterocycles. The molecule has 0 bridgehead atoms. The predicted octanol–water partition coefficient (Wildman–Crippen LogP) is 3.36. The normalized spacial score (nSPS) is 11.4. The highest BCUT2D eigenvalue weighted by atomic mass is 19.4. The molecule has 1 aromatic rings. The van der Waals surface area contributed by atoms with Crippen LogP contribution in [0.25, 0.3) is 6.08 Å². The molecule has 7 heteroatoms. The summed E-state index contributed by atoms with van der Waals surface area (Å²) in [5, 5.41) is 0. The van der Waals surface area contributed by atoms with E-state index in [4.69, 9.17) is 4.74 Å². The molecule has 0 aliphatic rings. The van der Waals surface area contributed by atoms with E-state index in [1.165, 1.54) is 18.2 Å². The number of halogens is 3. The van der Waals surface area contributed by atoms with Gasteiger partial charge in [-0.05, 0) is 30.7 Å². The number of aldehydes is 1. The van der Waals surface area contributed by atoms with Crippen molar-refractivity contribution < 1.29 is 32.2 Å². The third-order valence-electron chi connectivity index (χ3n) is 2.22. The van der Waals surface area contributed by atoms with Crippen molar-refractivity contribution in [1.29, 1.82) is 0 Å². The van der Waals surface area contributed by atoms with E-state index in [0.717, 1.165) is 12.1 Å². The maximum atomic E-state index is 12.2. The molecule has 0 atom stereocenters. The lowest BCUT2D eigenvalue weighted by atomic mass is 10.1. The molecule has 0 saturated heterocycles. The van der Waals surface area contributed by atoms with Gasteiger partial charge in [0.2, 0.25) is 0 Å². The molecule has 1 rings (SSSR count). The van der Waals surface area contributed by atoms with Gasteiger partial charge in [0.15, 0.2) is 0 Å². The van der Waals surface area contributed by atoms with Crippen LogP contribution in [0.3, 0.4) is 0 Å². The number of alkyl halides is 3. The lowest BCUT2D eigenvalue weighted by Gasteiger charge is -2.10. The van der Waals surface area contributed by atoms with Gasteiger partial charge < -0.3 is 9.47 Å². The van der Waals surface area contributed by atoms with Crippen molar-refractivity contribution in [3.63, 3.8) is 0 Å². The van der Waals surface area contributed by atoms with Crippen molar-refractivity contribution in [2.24, 2.45) is 0 Å². The largest absolute Gasteiger partial charge is 0.573 e. The number of rotatable bonds is 6. The Bertz CT molecular complexity index is 536. The van der Waals surface area contributed by atoms with Gasteiger partial charge in [-0.25, -0.2) is 0 Å². The lowest BCUT2D eigenvalue weighted by molar-refractivity contribution is -0.274. The molecule has 0 aliphatic heterocycles. The summed E-state index contributed by atoms with van der Waals surface area (Å²) in [6.07, 6.45) is -1.61. The average Bonchev–Trinajstić information content (AvgIpc) is 2.36. The van der Waals surface area contributed by atoms with Crippen molar-refractivity contribution in [3.05, 3.63) is 35.4 Å². The molecule has 0 fully saturated rings. The van der Waals surface area contributed by atoms with Gasteiger partial charge in [0.1, 0.15) is 12.0 Å². The minimum Gasteiger partial charge on any atom is -0.466 e. The summed E-state index contributed by atoms with van der Waals surface area (Å²) in [6, 6.07) is 3.46. The number of hydrogen-bond acceptors (Lipinski definition) is 4. The topological polar surface area (TPSA) is 52.6 Å². The SMILES string of the molecule is CCOC(=O)CC=Cc1cc(C=O)cc(OC(F)(F)F)c1. The molecule has 0 N–H and O–H groups in total. The predicted molar refractivity (Wildman–Crippen MR) is 68.8 cm³/mol. The zero-order chi connectivity index (χ0) is 15.9. The van der Waals surface area contributed by atoms with E-state index in [-0.39, 0.29) is 18.6 Å². The van der Waals surface area contributed by atoms with E-state index >= 15 is 0 Å². The maximum Gasteiger partial charge on any atom is 0.573 e. The number of esters is 1. The van der Waals surface area contributed by atoms with E-state index in [9.17, 15) is 22.8 Å². The molecule has 0 aliphatic carbocycles. The number of ether oxygens (including phenoxy) is 2. The number of carbonyl (C=O) groups is 2. The molecule has 21 heavy (non-hydrogen) atoms. The Kier molecular flexibility index (Phi) is 5.95. The highest BCUT2D eigenvalue weighted by Gasteiger charge is 2.31. The molecule has 114 valence electrons. The molecule has 0 saturated carbocycles. The second-order valence-electron chi connectivity index (χ2n) is 3.91. The first-order chi connectivity index (χ1) is 9.84. The van der Waals surface area contributed by atoms with Crippen molar-refractivity contribution in [1.82, 2.24) is 0 Å². The molecular weight excluding hydrogens is 289 g/mol. The number of benzene rings is 1. The highest BCUT2D eigenvalue weighted by molar-refractivity contribution is 5.78. The second kappa shape index (κ2) is 7.47. The van der Waals surface area contributed by atoms with E-state index in [2.05, 4.69) is 4.74 Å². The van der Waals surface area contributed by atoms with E-state index in [1.807, 2.05) is 0 Å². The van der Waals surface area contributed by atoms with Crippen molar-refractivity contribution in [3.8, 4) is 5.75 Å². The summed E-state index contributed by atoms with van der Waals surface area (Å²) in [6.45, 7) is 1.91. The molecule has 1 aromatic carbocycles. The van der Waals surface area contributed by atoms with Crippen molar-refractivity contribution in [2.45, 2.75) is 19.7 Å². The van der Waals surface area contributed by atoms with Gasteiger partial charge in [-0.15, -0.1) is 13.2 Å². The molecule has 0 spiro atoms. The fraction of sp³-hybridized carbons (Fsp3) is 0.286. The summed E-state index contributed by atoms with van der Waals surface area (Å²) in [5.74, 6) is -0.949. The van der Waals surface area contributed by atoms with Gasteiger partial charge in [0.25, 0.3) is 0 Å². The number of hydrogen-bond donors (Lipinski definition) is 0. The Morgan fingerprint density at radius 2 is 1.90 bits per heavy atom. The standard InChI is InChI=1S/C14H13F3O4/c1-2-20-13(19)5-3-4-10-6-11(9-18)8-12(7-10)21-14(15,16)17/h3-4,6-9H,2,5H2,1H3. The van der Waals surface area contributed by atoms with Crippen LogP contribution in [0.1, 0.15) is 29.3 Å². The van der Waals surface area contributed by atoms with E-state index in [0.29, 0.717) is 11.8 Å². The fourth-order valence-electron chi connectivity index (χ4n) is 1.51. The lowest BCUT2D eigenvalue weighted by Crippen LogP contribution is -2.17. The van der Waals surface area contributed by atoms with Crippen LogP contribution in [0, 0.1) is 0 Å². The third kappa shape index (κ3) is 6.60. The summed E-state index contributed by atoms with van der Waals surface area (Å²) in [5.41, 5.74) is 0.343. The Labute approximate surface area is 119 Å². The van der Waals surface area contributed by atoms with Crippen LogP contribution in [0.5, 0.6) is 5.75 Å². The fourth-order valence-corrected chi connectivity index (χ4v) is 1.51. The monoisotopic (exact) mass is 302 g/mol. The Morgan fingerprint density at radius 3 is 2.48 bits per heavy atom. The van der Waals surface area contributed by atoms with Crippen molar-refractivity contribution >= 4 is 18.3 Å². The molecule has 4 nitrogen and oxygen atoms in total. The van der Waals surface area contributed by atoms with E-state index in [1.54, 1.807) is 6.92 Å². The molecule has 0 aromatic heterocycles. The van der Waals surface area contributed by atoms with Crippen molar-refractivity contribution in [2.75, 3.05) is 6.61 Å². The van der Waals surface area contributed by atoms with Gasteiger partial charge in [-0.2, -0.15) is 0 Å². The first-order valence-electron chi connectivity index (χ1n) is 6.02. The summed E-state index contributed by atoms with van der Waals surface area (Å²) >= 11 is 0. The summed E-state index contributed by atoms with van der Waals surface area (Å²) in [7, 11) is 0. The van der Waals surface area contributed by atoms with Crippen LogP contribution in [0.2, 0.25) is 0 Å². The van der Waals surface area contributed by atoms with Gasteiger partial charge in [-0.1, -0.05) is 12.2 Å². The molecular formula is C14H13F3O4. The Morgan fingerprint density at radius 1 is 1.24 bits per heavy atom. The first-order valence-corrected chi connectivity index (χ1v) is 6.02. The van der Waals surface area contributed by atoms with Gasteiger partial charge in [0, 0.05) is 5.56 Å². The molecule has 0 unspecified atom stereocenters. The first kappa shape index (κ1) is 16.7. The van der Waals surface area contributed by atoms with Gasteiger partial charge in [-0.3, -0.25) is 9.59 Å². The van der Waals surface area contributed by atoms with Crippen LogP contribution >= 0.6 is 0 Å².